The third kappa shape index (κ3) is 5.29. The van der Waals surface area contributed by atoms with Gasteiger partial charge in [-0.3, -0.25) is 9.69 Å². The Hall–Kier alpha value is -2.10. The number of halogens is 1. The molecule has 0 radical (unpaired) electrons. The van der Waals surface area contributed by atoms with Gasteiger partial charge in [0.05, 0.1) is 25.7 Å². The topological polar surface area (TPSA) is 88.5 Å². The number of benzene rings is 2. The number of carboxylic acid groups (broad SMARTS) is 1. The Bertz CT molecular complexity index is 861. The SMILES string of the molecule is Cl.O=C(O)CC1OB(O)c2cc(Oc3cccc(CN4CCOCC4)c3)ccc21. The van der Waals surface area contributed by atoms with Gasteiger partial charge in [-0.1, -0.05) is 18.2 Å². The van der Waals surface area contributed by atoms with Crippen LogP contribution in [0.25, 0.3) is 0 Å². The summed E-state index contributed by atoms with van der Waals surface area (Å²) in [6.07, 6.45) is -0.832. The summed E-state index contributed by atoms with van der Waals surface area (Å²) in [6.45, 7) is 4.21. The monoisotopic (exact) mass is 419 g/mol. The predicted molar refractivity (Wildman–Crippen MR) is 110 cm³/mol. The maximum absolute atomic E-state index is 11.0. The molecule has 4 rings (SSSR count). The Morgan fingerprint density at radius 3 is 2.69 bits per heavy atom. The highest BCUT2D eigenvalue weighted by Crippen LogP contribution is 2.30. The molecule has 1 atom stereocenters. The number of carbonyl (C=O) groups is 1. The minimum absolute atomic E-state index is 0. The molecule has 9 heteroatoms. The minimum Gasteiger partial charge on any atom is -0.481 e. The minimum atomic E-state index is -1.14. The molecule has 0 aliphatic carbocycles. The molecule has 1 saturated heterocycles. The molecule has 29 heavy (non-hydrogen) atoms. The van der Waals surface area contributed by atoms with Crippen LogP contribution in [0.1, 0.15) is 23.7 Å². The summed E-state index contributed by atoms with van der Waals surface area (Å²) in [7, 11) is -1.14. The molecule has 7 nitrogen and oxygen atoms in total. The number of rotatable bonds is 6. The van der Waals surface area contributed by atoms with Crippen LogP contribution in [0.5, 0.6) is 11.5 Å². The van der Waals surface area contributed by atoms with Crippen molar-refractivity contribution < 1.29 is 29.1 Å². The molecule has 0 aromatic heterocycles. The van der Waals surface area contributed by atoms with Crippen molar-refractivity contribution in [3.8, 4) is 11.5 Å². The van der Waals surface area contributed by atoms with Crippen LogP contribution < -0.4 is 10.2 Å². The first-order chi connectivity index (χ1) is 13.6. The van der Waals surface area contributed by atoms with Crippen LogP contribution in [0.4, 0.5) is 0 Å². The molecule has 154 valence electrons. The van der Waals surface area contributed by atoms with E-state index in [9.17, 15) is 9.82 Å². The molecule has 0 bridgehead atoms. The molecule has 2 N–H and O–H groups in total. The van der Waals surface area contributed by atoms with E-state index < -0.39 is 19.2 Å². The Kier molecular flexibility index (Phi) is 7.16. The van der Waals surface area contributed by atoms with Gasteiger partial charge in [0.2, 0.25) is 0 Å². The lowest BCUT2D eigenvalue weighted by atomic mass is 9.79. The van der Waals surface area contributed by atoms with E-state index in [1.54, 1.807) is 18.2 Å². The first-order valence-corrected chi connectivity index (χ1v) is 9.34. The van der Waals surface area contributed by atoms with E-state index in [0.717, 1.165) is 38.4 Å². The van der Waals surface area contributed by atoms with Gasteiger partial charge in [0.25, 0.3) is 0 Å². The summed E-state index contributed by atoms with van der Waals surface area (Å²) in [4.78, 5) is 13.3. The molecule has 1 fully saturated rings. The number of fused-ring (bicyclic) bond motifs is 1. The van der Waals surface area contributed by atoms with Crippen LogP contribution in [-0.4, -0.2) is 54.4 Å². The average molecular weight is 420 g/mol. The van der Waals surface area contributed by atoms with Crippen LogP contribution in [0.2, 0.25) is 0 Å². The van der Waals surface area contributed by atoms with E-state index in [0.29, 0.717) is 22.5 Å². The highest BCUT2D eigenvalue weighted by molar-refractivity contribution is 6.61. The normalized spacial score (nSPS) is 18.8. The molecule has 0 amide bonds. The maximum atomic E-state index is 11.0. The van der Waals surface area contributed by atoms with Gasteiger partial charge in [-0.25, -0.2) is 0 Å². The molecule has 2 aliphatic rings. The lowest BCUT2D eigenvalue weighted by Crippen LogP contribution is -2.35. The molecule has 2 heterocycles. The van der Waals surface area contributed by atoms with E-state index in [4.69, 9.17) is 19.2 Å². The highest BCUT2D eigenvalue weighted by atomic mass is 35.5. The molecular weight excluding hydrogens is 396 g/mol. The zero-order valence-corrected chi connectivity index (χ0v) is 16.6. The molecule has 2 aliphatic heterocycles. The van der Waals surface area contributed by atoms with Crippen LogP contribution in [0.3, 0.4) is 0 Å². The van der Waals surface area contributed by atoms with Gasteiger partial charge in [-0.05, 0) is 40.9 Å². The molecule has 0 saturated carbocycles. The predicted octanol–water partition coefficient (Wildman–Crippen LogP) is 1.97. The van der Waals surface area contributed by atoms with E-state index in [-0.39, 0.29) is 18.8 Å². The van der Waals surface area contributed by atoms with Crippen molar-refractivity contribution >= 4 is 31.0 Å². The first kappa shape index (κ1) is 21.6. The Labute approximate surface area is 175 Å². The Morgan fingerprint density at radius 2 is 1.93 bits per heavy atom. The van der Waals surface area contributed by atoms with Gasteiger partial charge < -0.3 is 24.3 Å². The molecular formula is C20H23BClNO6. The van der Waals surface area contributed by atoms with E-state index in [1.165, 1.54) is 0 Å². The van der Waals surface area contributed by atoms with Gasteiger partial charge in [0.1, 0.15) is 11.5 Å². The van der Waals surface area contributed by atoms with E-state index >= 15 is 0 Å². The maximum Gasteiger partial charge on any atom is 0.492 e. The number of aliphatic carboxylic acids is 1. The summed E-state index contributed by atoms with van der Waals surface area (Å²) in [5.41, 5.74) is 2.39. The molecule has 2 aromatic rings. The van der Waals surface area contributed by atoms with Crippen LogP contribution >= 0.6 is 12.4 Å². The van der Waals surface area contributed by atoms with E-state index in [2.05, 4.69) is 11.0 Å². The molecule has 1 unspecified atom stereocenters. The Balaban J connectivity index is 0.00000240. The third-order valence-corrected chi connectivity index (χ3v) is 4.97. The van der Waals surface area contributed by atoms with Crippen LogP contribution in [0, 0.1) is 0 Å². The number of carboxylic acids is 1. The standard InChI is InChI=1S/C20H22BNO6.ClH/c23-20(24)12-19-17-5-4-16(11-18(17)21(25)28-19)27-15-3-1-2-14(10-15)13-22-6-8-26-9-7-22;/h1-5,10-11,19,25H,6-9,12-13H2,(H,23,24);1H. The van der Waals surface area contributed by atoms with Gasteiger partial charge in [0.15, 0.2) is 0 Å². The third-order valence-electron chi connectivity index (χ3n) is 4.97. The lowest BCUT2D eigenvalue weighted by Gasteiger charge is -2.26. The van der Waals surface area contributed by atoms with Gasteiger partial charge in [-0.15, -0.1) is 12.4 Å². The number of morpholine rings is 1. The van der Waals surface area contributed by atoms with Crippen LogP contribution in [-0.2, 0) is 20.7 Å². The quantitative estimate of drug-likeness (QED) is 0.692. The van der Waals surface area contributed by atoms with Gasteiger partial charge >= 0.3 is 13.1 Å². The van der Waals surface area contributed by atoms with Gasteiger partial charge in [-0.2, -0.15) is 0 Å². The number of hydrogen-bond acceptors (Lipinski definition) is 6. The second-order valence-corrected chi connectivity index (χ2v) is 7.00. The highest BCUT2D eigenvalue weighted by Gasteiger charge is 2.36. The van der Waals surface area contributed by atoms with E-state index in [1.807, 2.05) is 18.2 Å². The zero-order chi connectivity index (χ0) is 19.5. The summed E-state index contributed by atoms with van der Waals surface area (Å²) in [6, 6.07) is 13.1. The fourth-order valence-electron chi connectivity index (χ4n) is 3.60. The van der Waals surface area contributed by atoms with Crippen molar-refractivity contribution in [2.24, 2.45) is 0 Å². The van der Waals surface area contributed by atoms with Crippen molar-refractivity contribution in [1.82, 2.24) is 4.90 Å². The average Bonchev–Trinajstić information content (AvgIpc) is 2.97. The fraction of sp³-hybridized carbons (Fsp3) is 0.350. The largest absolute Gasteiger partial charge is 0.492 e. The van der Waals surface area contributed by atoms with Crippen molar-refractivity contribution in [3.05, 3.63) is 53.6 Å². The lowest BCUT2D eigenvalue weighted by molar-refractivity contribution is -0.138. The van der Waals surface area contributed by atoms with Crippen molar-refractivity contribution in [2.45, 2.75) is 19.1 Å². The second-order valence-electron chi connectivity index (χ2n) is 7.00. The summed E-state index contributed by atoms with van der Waals surface area (Å²) in [5.74, 6) is 0.310. The first-order valence-electron chi connectivity index (χ1n) is 9.34. The summed E-state index contributed by atoms with van der Waals surface area (Å²) in [5, 5.41) is 19.1. The number of hydrogen-bond donors (Lipinski definition) is 2. The summed E-state index contributed by atoms with van der Waals surface area (Å²) >= 11 is 0. The zero-order valence-electron chi connectivity index (χ0n) is 15.8. The van der Waals surface area contributed by atoms with Crippen LogP contribution in [0.15, 0.2) is 42.5 Å². The molecule has 2 aromatic carbocycles. The van der Waals surface area contributed by atoms with Crippen molar-refractivity contribution in [1.29, 1.82) is 0 Å². The molecule has 0 spiro atoms. The number of nitrogens with zero attached hydrogens (tertiary/aromatic N) is 1. The summed E-state index contributed by atoms with van der Waals surface area (Å²) < 4.78 is 16.7. The second kappa shape index (κ2) is 9.60. The number of ether oxygens (including phenoxy) is 2. The fourth-order valence-corrected chi connectivity index (χ4v) is 3.60. The van der Waals surface area contributed by atoms with Gasteiger partial charge in [0, 0.05) is 19.6 Å². The smallest absolute Gasteiger partial charge is 0.481 e. The van der Waals surface area contributed by atoms with Crippen molar-refractivity contribution in [2.75, 3.05) is 26.3 Å². The Morgan fingerprint density at radius 1 is 1.17 bits per heavy atom. The van der Waals surface area contributed by atoms with Crippen molar-refractivity contribution in [3.63, 3.8) is 0 Å².